The lowest BCUT2D eigenvalue weighted by Gasteiger charge is -2.37. The molecule has 150 valence electrons. The molecular weight excluding hydrogens is 348 g/mol. The topological polar surface area (TPSA) is 86.1 Å². The van der Waals surface area contributed by atoms with Gasteiger partial charge in [-0.05, 0) is 53.0 Å². The van der Waals surface area contributed by atoms with Gasteiger partial charge in [-0.15, -0.1) is 0 Å². The number of amides is 3. The number of nitrogens with one attached hydrogen (secondary N) is 1. The first kappa shape index (κ1) is 21.0. The van der Waals surface area contributed by atoms with Crippen LogP contribution in [0.3, 0.4) is 0 Å². The molecule has 1 fully saturated rings. The molecule has 0 atom stereocenters. The Morgan fingerprint density at radius 2 is 1.78 bits per heavy atom. The van der Waals surface area contributed by atoms with Crippen molar-refractivity contribution >= 4 is 17.7 Å². The van der Waals surface area contributed by atoms with Gasteiger partial charge in [0, 0.05) is 32.7 Å². The van der Waals surface area contributed by atoms with Gasteiger partial charge in [0.1, 0.15) is 5.41 Å². The maximum Gasteiger partial charge on any atom is 0.289 e. The molecule has 0 spiro atoms. The molecule has 1 saturated heterocycles. The van der Waals surface area contributed by atoms with E-state index in [0.29, 0.717) is 38.5 Å². The standard InChI is InChI=1S/C19H30N4O4/c1-19(2,17(25)20-8-6-9-21(3)4)18(26)23-12-10-22(11-13-23)16(24)15-7-5-14-27-15/h5,7,14H,6,8-13H2,1-4H3,(H,20,25). The summed E-state index contributed by atoms with van der Waals surface area (Å²) in [6, 6.07) is 3.30. The van der Waals surface area contributed by atoms with Crippen LogP contribution in [-0.2, 0) is 9.59 Å². The molecule has 1 aromatic heterocycles. The van der Waals surface area contributed by atoms with Gasteiger partial charge in [-0.2, -0.15) is 0 Å². The van der Waals surface area contributed by atoms with E-state index in [1.54, 1.807) is 35.8 Å². The Morgan fingerprint density at radius 3 is 2.33 bits per heavy atom. The SMILES string of the molecule is CN(C)CCCNC(=O)C(C)(C)C(=O)N1CCN(C(=O)c2ccco2)CC1. The zero-order valence-corrected chi connectivity index (χ0v) is 16.7. The van der Waals surface area contributed by atoms with Crippen molar-refractivity contribution in [3.05, 3.63) is 24.2 Å². The number of piperazine rings is 1. The second-order valence-electron chi connectivity index (χ2n) is 7.60. The number of rotatable bonds is 7. The molecule has 27 heavy (non-hydrogen) atoms. The van der Waals surface area contributed by atoms with E-state index in [0.717, 1.165) is 13.0 Å². The Hall–Kier alpha value is -2.35. The van der Waals surface area contributed by atoms with Gasteiger partial charge in [0.25, 0.3) is 5.91 Å². The maximum atomic E-state index is 12.8. The fourth-order valence-corrected chi connectivity index (χ4v) is 2.98. The van der Waals surface area contributed by atoms with Crippen molar-refractivity contribution in [3.63, 3.8) is 0 Å². The van der Waals surface area contributed by atoms with Crippen LogP contribution in [0.15, 0.2) is 22.8 Å². The lowest BCUT2D eigenvalue weighted by molar-refractivity contribution is -0.149. The summed E-state index contributed by atoms with van der Waals surface area (Å²) in [6.07, 6.45) is 2.29. The number of hydrogen-bond acceptors (Lipinski definition) is 5. The Bertz CT molecular complexity index is 647. The van der Waals surface area contributed by atoms with E-state index in [9.17, 15) is 14.4 Å². The summed E-state index contributed by atoms with van der Waals surface area (Å²) in [6.45, 7) is 6.37. The van der Waals surface area contributed by atoms with Gasteiger partial charge < -0.3 is 24.4 Å². The smallest absolute Gasteiger partial charge is 0.289 e. The monoisotopic (exact) mass is 378 g/mol. The summed E-state index contributed by atoms with van der Waals surface area (Å²) in [7, 11) is 3.96. The molecule has 3 amide bonds. The lowest BCUT2D eigenvalue weighted by Crippen LogP contribution is -2.56. The van der Waals surface area contributed by atoms with Gasteiger partial charge in [0.15, 0.2) is 5.76 Å². The molecule has 0 unspecified atom stereocenters. The highest BCUT2D eigenvalue weighted by atomic mass is 16.3. The fourth-order valence-electron chi connectivity index (χ4n) is 2.98. The van der Waals surface area contributed by atoms with Crippen LogP contribution in [0.5, 0.6) is 0 Å². The number of hydrogen-bond donors (Lipinski definition) is 1. The van der Waals surface area contributed by atoms with Crippen LogP contribution >= 0.6 is 0 Å². The Kier molecular flexibility index (Phi) is 7.01. The minimum atomic E-state index is -1.13. The number of furan rings is 1. The van der Waals surface area contributed by atoms with E-state index in [1.807, 2.05) is 19.0 Å². The zero-order valence-electron chi connectivity index (χ0n) is 16.7. The highest BCUT2D eigenvalue weighted by Crippen LogP contribution is 2.21. The molecule has 0 aliphatic carbocycles. The molecule has 1 aliphatic rings. The molecule has 8 heteroatoms. The van der Waals surface area contributed by atoms with Crippen LogP contribution in [0.1, 0.15) is 30.8 Å². The van der Waals surface area contributed by atoms with E-state index >= 15 is 0 Å². The van der Waals surface area contributed by atoms with Crippen LogP contribution < -0.4 is 5.32 Å². The third-order valence-electron chi connectivity index (χ3n) is 4.76. The van der Waals surface area contributed by atoms with Crippen molar-refractivity contribution in [3.8, 4) is 0 Å². The van der Waals surface area contributed by atoms with Gasteiger partial charge in [-0.3, -0.25) is 14.4 Å². The first-order chi connectivity index (χ1) is 12.7. The van der Waals surface area contributed by atoms with E-state index in [-0.39, 0.29) is 17.7 Å². The van der Waals surface area contributed by atoms with Gasteiger partial charge >= 0.3 is 0 Å². The third-order valence-corrected chi connectivity index (χ3v) is 4.76. The first-order valence-electron chi connectivity index (χ1n) is 9.28. The minimum Gasteiger partial charge on any atom is -0.459 e. The summed E-state index contributed by atoms with van der Waals surface area (Å²) in [4.78, 5) is 43.0. The van der Waals surface area contributed by atoms with Crippen molar-refractivity contribution in [2.75, 3.05) is 53.4 Å². The summed E-state index contributed by atoms with van der Waals surface area (Å²) < 4.78 is 5.14. The van der Waals surface area contributed by atoms with E-state index < -0.39 is 5.41 Å². The summed E-state index contributed by atoms with van der Waals surface area (Å²) >= 11 is 0. The molecule has 1 aromatic rings. The molecule has 1 aliphatic heterocycles. The summed E-state index contributed by atoms with van der Waals surface area (Å²) in [5, 5.41) is 2.85. The normalized spacial score (nSPS) is 15.1. The van der Waals surface area contributed by atoms with Gasteiger partial charge in [-0.25, -0.2) is 0 Å². The molecule has 8 nitrogen and oxygen atoms in total. The predicted octanol–water partition coefficient (Wildman–Crippen LogP) is 0.658. The second kappa shape index (κ2) is 9.03. The van der Waals surface area contributed by atoms with E-state index in [4.69, 9.17) is 4.42 Å². The maximum absolute atomic E-state index is 12.8. The molecule has 0 saturated carbocycles. The number of carbonyl (C=O) groups is 3. The Labute approximate surface area is 160 Å². The molecule has 0 radical (unpaired) electrons. The highest BCUT2D eigenvalue weighted by molar-refractivity contribution is 6.04. The van der Waals surface area contributed by atoms with Crippen molar-refractivity contribution in [1.82, 2.24) is 20.0 Å². The van der Waals surface area contributed by atoms with Crippen LogP contribution in [0.2, 0.25) is 0 Å². The molecule has 1 N–H and O–H groups in total. The first-order valence-corrected chi connectivity index (χ1v) is 9.28. The van der Waals surface area contributed by atoms with E-state index in [2.05, 4.69) is 5.32 Å². The average Bonchev–Trinajstić information content (AvgIpc) is 3.18. The molecule has 2 rings (SSSR count). The molecule has 2 heterocycles. The summed E-state index contributed by atoms with van der Waals surface area (Å²) in [5.41, 5.74) is -1.13. The summed E-state index contributed by atoms with van der Waals surface area (Å²) in [5.74, 6) is -0.352. The largest absolute Gasteiger partial charge is 0.459 e. The van der Waals surface area contributed by atoms with Gasteiger partial charge in [0.05, 0.1) is 6.26 Å². The Balaban J connectivity index is 1.84. The number of carbonyl (C=O) groups excluding carboxylic acids is 3. The molecular formula is C19H30N4O4. The average molecular weight is 378 g/mol. The van der Waals surface area contributed by atoms with Crippen molar-refractivity contribution in [2.24, 2.45) is 5.41 Å². The van der Waals surface area contributed by atoms with Crippen LogP contribution in [0.4, 0.5) is 0 Å². The quantitative estimate of drug-likeness (QED) is 0.556. The van der Waals surface area contributed by atoms with Crippen LogP contribution in [0.25, 0.3) is 0 Å². The molecule has 0 aromatic carbocycles. The van der Waals surface area contributed by atoms with Crippen molar-refractivity contribution < 1.29 is 18.8 Å². The highest BCUT2D eigenvalue weighted by Gasteiger charge is 2.40. The predicted molar refractivity (Wildman–Crippen MR) is 101 cm³/mol. The van der Waals surface area contributed by atoms with Crippen molar-refractivity contribution in [1.29, 1.82) is 0 Å². The molecule has 0 bridgehead atoms. The van der Waals surface area contributed by atoms with Crippen LogP contribution in [-0.4, -0.2) is 85.8 Å². The Morgan fingerprint density at radius 1 is 1.15 bits per heavy atom. The third kappa shape index (κ3) is 5.32. The van der Waals surface area contributed by atoms with Crippen LogP contribution in [0, 0.1) is 5.41 Å². The minimum absolute atomic E-state index is 0.176. The fraction of sp³-hybridized carbons (Fsp3) is 0.632. The lowest BCUT2D eigenvalue weighted by atomic mass is 9.90. The van der Waals surface area contributed by atoms with Crippen molar-refractivity contribution in [2.45, 2.75) is 20.3 Å². The van der Waals surface area contributed by atoms with E-state index in [1.165, 1.54) is 6.26 Å². The zero-order chi connectivity index (χ0) is 20.0. The van der Waals surface area contributed by atoms with Gasteiger partial charge in [-0.1, -0.05) is 0 Å². The number of nitrogens with zero attached hydrogens (tertiary/aromatic N) is 3. The second-order valence-corrected chi connectivity index (χ2v) is 7.60. The van der Waals surface area contributed by atoms with Gasteiger partial charge in [0.2, 0.25) is 11.8 Å².